The van der Waals surface area contributed by atoms with Crippen molar-refractivity contribution in [2.24, 2.45) is 0 Å². The van der Waals surface area contributed by atoms with Crippen LogP contribution in [-0.2, 0) is 4.74 Å². The lowest BCUT2D eigenvalue weighted by molar-refractivity contribution is 0.116. The molecule has 110 valence electrons. The van der Waals surface area contributed by atoms with E-state index in [9.17, 15) is 9.18 Å². The minimum atomic E-state index is -0.486. The normalized spacial score (nSPS) is 22.1. The molecular weight excluding hydrogens is 265 g/mol. The first-order valence-corrected chi connectivity index (χ1v) is 6.75. The first-order valence-electron chi connectivity index (χ1n) is 6.75. The van der Waals surface area contributed by atoms with Gasteiger partial charge in [-0.3, -0.25) is 0 Å². The Balaban J connectivity index is 1.74. The fourth-order valence-corrected chi connectivity index (χ4v) is 2.17. The predicted molar refractivity (Wildman–Crippen MR) is 68.8 cm³/mol. The Hall–Kier alpha value is -1.92. The van der Waals surface area contributed by atoms with Gasteiger partial charge in [-0.1, -0.05) is 0 Å². The Bertz CT molecular complexity index is 433. The third-order valence-electron chi connectivity index (χ3n) is 3.14. The molecule has 0 unspecified atom stereocenters. The summed E-state index contributed by atoms with van der Waals surface area (Å²) in [7, 11) is 0. The van der Waals surface area contributed by atoms with Crippen LogP contribution in [0.3, 0.4) is 0 Å². The number of amides is 1. The van der Waals surface area contributed by atoms with Gasteiger partial charge in [0, 0.05) is 6.04 Å². The second kappa shape index (κ2) is 7.02. The highest BCUT2D eigenvalue weighted by Crippen LogP contribution is 2.22. The largest absolute Gasteiger partial charge is 0.460 e. The third kappa shape index (κ3) is 4.32. The minimum Gasteiger partial charge on any atom is -0.460 e. The maximum atomic E-state index is 12.7. The van der Waals surface area contributed by atoms with Crippen molar-refractivity contribution in [2.75, 3.05) is 6.61 Å². The Morgan fingerprint density at radius 1 is 1.35 bits per heavy atom. The Morgan fingerprint density at radius 3 is 2.60 bits per heavy atom. The molecule has 1 N–H and O–H groups in total. The van der Waals surface area contributed by atoms with Crippen LogP contribution in [0.25, 0.3) is 0 Å². The van der Waals surface area contributed by atoms with Crippen LogP contribution >= 0.6 is 0 Å². The van der Waals surface area contributed by atoms with Crippen LogP contribution in [0.1, 0.15) is 32.6 Å². The summed E-state index contributed by atoms with van der Waals surface area (Å²) in [5, 5.41) is 2.81. The smallest absolute Gasteiger partial charge is 0.407 e. The number of nitrogens with zero attached hydrogens (tertiary/aromatic N) is 2. The maximum absolute atomic E-state index is 12.7. The van der Waals surface area contributed by atoms with Crippen LogP contribution in [0.5, 0.6) is 6.01 Å². The number of hydrogen-bond acceptors (Lipinski definition) is 5. The van der Waals surface area contributed by atoms with Crippen molar-refractivity contribution >= 4 is 6.09 Å². The van der Waals surface area contributed by atoms with E-state index in [0.29, 0.717) is 6.61 Å². The predicted octanol–water partition coefficient (Wildman–Crippen LogP) is 2.05. The van der Waals surface area contributed by atoms with E-state index in [2.05, 4.69) is 15.3 Å². The second-order valence-corrected chi connectivity index (χ2v) is 4.64. The molecule has 0 saturated heterocycles. The summed E-state index contributed by atoms with van der Waals surface area (Å²) in [5.41, 5.74) is 0. The van der Waals surface area contributed by atoms with Crippen molar-refractivity contribution in [3.63, 3.8) is 0 Å². The van der Waals surface area contributed by atoms with Gasteiger partial charge >= 0.3 is 12.1 Å². The van der Waals surface area contributed by atoms with Crippen molar-refractivity contribution < 1.29 is 18.7 Å². The number of halogens is 1. The van der Waals surface area contributed by atoms with Crippen molar-refractivity contribution in [1.29, 1.82) is 0 Å². The molecule has 0 aromatic carbocycles. The van der Waals surface area contributed by atoms with Gasteiger partial charge in [-0.15, -0.1) is 0 Å². The summed E-state index contributed by atoms with van der Waals surface area (Å²) in [6.45, 7) is 2.14. The molecule has 1 aromatic heterocycles. The topological polar surface area (TPSA) is 73.3 Å². The number of hydrogen-bond donors (Lipinski definition) is 1. The molecule has 1 heterocycles. The average molecular weight is 283 g/mol. The molecule has 1 aliphatic rings. The van der Waals surface area contributed by atoms with E-state index < -0.39 is 5.82 Å². The summed E-state index contributed by atoms with van der Waals surface area (Å²) < 4.78 is 23.1. The van der Waals surface area contributed by atoms with Crippen molar-refractivity contribution in [3.8, 4) is 6.01 Å². The lowest BCUT2D eigenvalue weighted by Crippen LogP contribution is -2.40. The van der Waals surface area contributed by atoms with Crippen LogP contribution in [-0.4, -0.2) is 34.8 Å². The highest BCUT2D eigenvalue weighted by atomic mass is 19.1. The summed E-state index contributed by atoms with van der Waals surface area (Å²) in [5.74, 6) is -0.486. The highest BCUT2D eigenvalue weighted by molar-refractivity contribution is 5.67. The highest BCUT2D eigenvalue weighted by Gasteiger charge is 2.24. The standard InChI is InChI=1S/C13H18FN3O3/c1-2-19-13(18)17-10-3-5-11(6-4-10)20-12-15-7-9(14)8-16-12/h7-8,10-11H,2-6H2,1H3,(H,17,18). The van der Waals surface area contributed by atoms with E-state index >= 15 is 0 Å². The van der Waals surface area contributed by atoms with Crippen LogP contribution in [0.4, 0.5) is 9.18 Å². The van der Waals surface area contributed by atoms with E-state index in [1.54, 1.807) is 6.92 Å². The number of carbonyl (C=O) groups excluding carboxylic acids is 1. The molecule has 7 heteroatoms. The van der Waals surface area contributed by atoms with E-state index in [0.717, 1.165) is 38.1 Å². The first kappa shape index (κ1) is 14.5. The van der Waals surface area contributed by atoms with Gasteiger partial charge in [0.25, 0.3) is 0 Å². The Labute approximate surface area is 116 Å². The van der Waals surface area contributed by atoms with Crippen molar-refractivity contribution in [3.05, 3.63) is 18.2 Å². The average Bonchev–Trinajstić information content (AvgIpc) is 2.44. The van der Waals surface area contributed by atoms with Gasteiger partial charge in [-0.25, -0.2) is 19.2 Å². The van der Waals surface area contributed by atoms with Crippen molar-refractivity contribution in [2.45, 2.75) is 44.8 Å². The molecule has 1 amide bonds. The molecule has 0 atom stereocenters. The maximum Gasteiger partial charge on any atom is 0.407 e. The van der Waals surface area contributed by atoms with Crippen LogP contribution < -0.4 is 10.1 Å². The first-order chi connectivity index (χ1) is 9.67. The SMILES string of the molecule is CCOC(=O)NC1CCC(Oc2ncc(F)cn2)CC1. The molecule has 20 heavy (non-hydrogen) atoms. The number of nitrogens with one attached hydrogen (secondary N) is 1. The summed E-state index contributed by atoms with van der Waals surface area (Å²) >= 11 is 0. The third-order valence-corrected chi connectivity index (χ3v) is 3.14. The lowest BCUT2D eigenvalue weighted by Gasteiger charge is -2.28. The molecule has 2 rings (SSSR count). The second-order valence-electron chi connectivity index (χ2n) is 4.64. The fourth-order valence-electron chi connectivity index (χ4n) is 2.17. The lowest BCUT2D eigenvalue weighted by atomic mass is 9.93. The summed E-state index contributed by atoms with van der Waals surface area (Å²) in [4.78, 5) is 18.8. The number of ether oxygens (including phenoxy) is 2. The molecule has 1 aliphatic carbocycles. The van der Waals surface area contributed by atoms with E-state index in [1.165, 1.54) is 0 Å². The number of aromatic nitrogens is 2. The van der Waals surface area contributed by atoms with E-state index in [1.807, 2.05) is 0 Å². The summed E-state index contributed by atoms with van der Waals surface area (Å²) in [6, 6.07) is 0.302. The Morgan fingerprint density at radius 2 is 2.00 bits per heavy atom. The quantitative estimate of drug-likeness (QED) is 0.915. The number of alkyl carbamates (subject to hydrolysis) is 1. The van der Waals surface area contributed by atoms with Gasteiger partial charge in [0.2, 0.25) is 0 Å². The molecule has 0 aliphatic heterocycles. The zero-order valence-electron chi connectivity index (χ0n) is 11.3. The molecule has 6 nitrogen and oxygen atoms in total. The monoisotopic (exact) mass is 283 g/mol. The molecule has 0 bridgehead atoms. The van der Waals surface area contributed by atoms with Gasteiger partial charge in [0.1, 0.15) is 6.10 Å². The van der Waals surface area contributed by atoms with Gasteiger partial charge in [-0.05, 0) is 32.6 Å². The zero-order valence-corrected chi connectivity index (χ0v) is 11.3. The van der Waals surface area contributed by atoms with Crippen LogP contribution in [0.15, 0.2) is 12.4 Å². The molecular formula is C13H18FN3O3. The van der Waals surface area contributed by atoms with Crippen molar-refractivity contribution in [1.82, 2.24) is 15.3 Å². The van der Waals surface area contributed by atoms with Gasteiger partial charge in [0.15, 0.2) is 5.82 Å². The molecule has 1 fully saturated rings. The number of rotatable bonds is 4. The van der Waals surface area contributed by atoms with E-state index in [4.69, 9.17) is 9.47 Å². The molecule has 0 spiro atoms. The van der Waals surface area contributed by atoms with E-state index in [-0.39, 0.29) is 24.2 Å². The van der Waals surface area contributed by atoms with Gasteiger partial charge in [-0.2, -0.15) is 0 Å². The zero-order chi connectivity index (χ0) is 14.4. The van der Waals surface area contributed by atoms with Crippen LogP contribution in [0.2, 0.25) is 0 Å². The molecule has 1 saturated carbocycles. The van der Waals surface area contributed by atoms with Crippen LogP contribution in [0, 0.1) is 5.82 Å². The van der Waals surface area contributed by atoms with Gasteiger partial charge < -0.3 is 14.8 Å². The fraction of sp³-hybridized carbons (Fsp3) is 0.615. The minimum absolute atomic E-state index is 0.000654. The molecule has 1 aromatic rings. The molecule has 0 radical (unpaired) electrons. The summed E-state index contributed by atoms with van der Waals surface area (Å²) in [6.07, 6.45) is 4.98. The van der Waals surface area contributed by atoms with Gasteiger partial charge in [0.05, 0.1) is 19.0 Å². The number of carbonyl (C=O) groups is 1. The Kier molecular flexibility index (Phi) is 5.09.